The van der Waals surface area contributed by atoms with E-state index in [0.29, 0.717) is 13.0 Å². The minimum absolute atomic E-state index is 0.00514. The van der Waals surface area contributed by atoms with Crippen LogP contribution in [-0.2, 0) is 14.3 Å². The maximum atomic E-state index is 12.2. The van der Waals surface area contributed by atoms with Gasteiger partial charge in [-0.15, -0.1) is 0 Å². The average molecular weight is 241 g/mol. The van der Waals surface area contributed by atoms with Gasteiger partial charge in [0.1, 0.15) is 12.3 Å². The summed E-state index contributed by atoms with van der Waals surface area (Å²) < 4.78 is 5.61. The summed E-state index contributed by atoms with van der Waals surface area (Å²) in [5.41, 5.74) is 0. The molecular formula is C11H19N3O3. The van der Waals surface area contributed by atoms with Crippen LogP contribution in [0.4, 0.5) is 0 Å². The van der Waals surface area contributed by atoms with E-state index in [2.05, 4.69) is 10.6 Å². The lowest BCUT2D eigenvalue weighted by Crippen LogP contribution is -2.50. The third-order valence-corrected chi connectivity index (χ3v) is 3.17. The van der Waals surface area contributed by atoms with E-state index in [9.17, 15) is 9.59 Å². The van der Waals surface area contributed by atoms with Gasteiger partial charge < -0.3 is 20.3 Å². The number of amides is 2. The molecule has 2 rings (SSSR count). The zero-order valence-corrected chi connectivity index (χ0v) is 10.1. The predicted molar refractivity (Wildman–Crippen MR) is 61.2 cm³/mol. The highest BCUT2D eigenvalue weighted by atomic mass is 16.5. The molecule has 0 aromatic carbocycles. The number of fused-ring (bicyclic) bond motifs is 1. The third-order valence-electron chi connectivity index (χ3n) is 3.17. The monoisotopic (exact) mass is 241 g/mol. The first kappa shape index (κ1) is 12.3. The number of hydrogen-bond donors (Lipinski definition) is 2. The molecule has 96 valence electrons. The van der Waals surface area contributed by atoms with Crippen molar-refractivity contribution in [2.75, 3.05) is 26.7 Å². The molecule has 6 nitrogen and oxygen atoms in total. The second kappa shape index (κ2) is 5.46. The summed E-state index contributed by atoms with van der Waals surface area (Å²) in [6.45, 7) is 1.49. The number of likely N-dealkylation sites (N-methyl/N-ethyl adjacent to an activating group) is 1. The number of ether oxygens (including phenoxy) is 1. The Morgan fingerprint density at radius 3 is 3.12 bits per heavy atom. The molecule has 0 bridgehead atoms. The van der Waals surface area contributed by atoms with Gasteiger partial charge in [-0.05, 0) is 19.9 Å². The van der Waals surface area contributed by atoms with Gasteiger partial charge in [-0.1, -0.05) is 0 Å². The Balaban J connectivity index is 1.97. The Morgan fingerprint density at radius 1 is 1.53 bits per heavy atom. The van der Waals surface area contributed by atoms with Crippen LogP contribution in [0.2, 0.25) is 0 Å². The summed E-state index contributed by atoms with van der Waals surface area (Å²) in [5, 5.41) is 5.52. The molecule has 0 aliphatic carbocycles. The van der Waals surface area contributed by atoms with Crippen molar-refractivity contribution in [2.45, 2.75) is 31.5 Å². The molecule has 0 aromatic rings. The highest BCUT2D eigenvalue weighted by Gasteiger charge is 2.36. The van der Waals surface area contributed by atoms with Gasteiger partial charge >= 0.3 is 0 Å². The topological polar surface area (TPSA) is 70.7 Å². The summed E-state index contributed by atoms with van der Waals surface area (Å²) in [7, 11) is 1.70. The third kappa shape index (κ3) is 2.76. The largest absolute Gasteiger partial charge is 0.358 e. The summed E-state index contributed by atoms with van der Waals surface area (Å²) in [5.74, 6) is -0.155. The molecule has 6 heteroatoms. The molecule has 2 saturated heterocycles. The van der Waals surface area contributed by atoms with E-state index in [1.807, 2.05) is 0 Å². The van der Waals surface area contributed by atoms with Crippen LogP contribution >= 0.6 is 0 Å². The molecular weight excluding hydrogens is 222 g/mol. The van der Waals surface area contributed by atoms with Crippen molar-refractivity contribution in [2.24, 2.45) is 0 Å². The van der Waals surface area contributed by atoms with Crippen molar-refractivity contribution in [3.05, 3.63) is 0 Å². The first-order chi connectivity index (χ1) is 8.22. The van der Waals surface area contributed by atoms with Gasteiger partial charge in [-0.3, -0.25) is 9.59 Å². The molecule has 2 atom stereocenters. The standard InChI is InChI=1S/C11H19N3O3/c1-12-7-9(15)13-8-4-6-17-10-3-2-5-14(10)11(8)16/h8,10,12H,2-7H2,1H3,(H,13,15)/t8-,10?/m0/s1. The Labute approximate surface area is 101 Å². The SMILES string of the molecule is CNCC(=O)N[C@H]1CCOC2CCCN2C1=O. The first-order valence-corrected chi connectivity index (χ1v) is 6.08. The van der Waals surface area contributed by atoms with Crippen molar-refractivity contribution in [3.63, 3.8) is 0 Å². The van der Waals surface area contributed by atoms with E-state index in [1.165, 1.54) is 0 Å². The number of nitrogens with one attached hydrogen (secondary N) is 2. The van der Waals surface area contributed by atoms with Crippen molar-refractivity contribution >= 4 is 11.8 Å². The van der Waals surface area contributed by atoms with Gasteiger partial charge in [0.15, 0.2) is 0 Å². The maximum Gasteiger partial charge on any atom is 0.247 e. The lowest BCUT2D eigenvalue weighted by atomic mass is 10.2. The fraction of sp³-hybridized carbons (Fsp3) is 0.818. The minimum atomic E-state index is -0.432. The fourth-order valence-electron chi connectivity index (χ4n) is 2.35. The lowest BCUT2D eigenvalue weighted by Gasteiger charge is -2.24. The van der Waals surface area contributed by atoms with E-state index in [0.717, 1.165) is 19.4 Å². The van der Waals surface area contributed by atoms with Crippen LogP contribution in [-0.4, -0.2) is 55.7 Å². The van der Waals surface area contributed by atoms with Crippen LogP contribution in [0.25, 0.3) is 0 Å². The molecule has 2 N–H and O–H groups in total. The highest BCUT2D eigenvalue weighted by molar-refractivity contribution is 5.88. The molecule has 2 aliphatic heterocycles. The Bertz CT molecular complexity index is 308. The van der Waals surface area contributed by atoms with E-state index in [4.69, 9.17) is 4.74 Å². The smallest absolute Gasteiger partial charge is 0.247 e. The summed E-state index contributed by atoms with van der Waals surface area (Å²) >= 11 is 0. The van der Waals surface area contributed by atoms with Crippen LogP contribution < -0.4 is 10.6 Å². The average Bonchev–Trinajstić information content (AvgIpc) is 2.70. The molecule has 0 saturated carbocycles. The van der Waals surface area contributed by atoms with Gasteiger partial charge in [0.2, 0.25) is 11.8 Å². The van der Waals surface area contributed by atoms with Crippen molar-refractivity contribution in [1.82, 2.24) is 15.5 Å². The first-order valence-electron chi connectivity index (χ1n) is 6.08. The van der Waals surface area contributed by atoms with E-state index in [-0.39, 0.29) is 24.6 Å². The van der Waals surface area contributed by atoms with Crippen LogP contribution in [0.1, 0.15) is 19.3 Å². The zero-order chi connectivity index (χ0) is 12.3. The predicted octanol–water partition coefficient (Wildman–Crippen LogP) is -0.941. The van der Waals surface area contributed by atoms with Crippen molar-refractivity contribution in [1.29, 1.82) is 0 Å². The number of nitrogens with zero attached hydrogens (tertiary/aromatic N) is 1. The van der Waals surface area contributed by atoms with E-state index in [1.54, 1.807) is 11.9 Å². The van der Waals surface area contributed by atoms with Crippen molar-refractivity contribution < 1.29 is 14.3 Å². The van der Waals surface area contributed by atoms with Gasteiger partial charge in [-0.2, -0.15) is 0 Å². The number of carbonyl (C=O) groups excluding carboxylic acids is 2. The molecule has 2 heterocycles. The molecule has 17 heavy (non-hydrogen) atoms. The molecule has 0 radical (unpaired) electrons. The second-order valence-electron chi connectivity index (χ2n) is 4.44. The quantitative estimate of drug-likeness (QED) is 0.669. The fourth-order valence-corrected chi connectivity index (χ4v) is 2.35. The maximum absolute atomic E-state index is 12.2. The van der Waals surface area contributed by atoms with Crippen molar-refractivity contribution in [3.8, 4) is 0 Å². The van der Waals surface area contributed by atoms with Gasteiger partial charge in [-0.25, -0.2) is 0 Å². The van der Waals surface area contributed by atoms with E-state index < -0.39 is 6.04 Å². The number of hydrogen-bond acceptors (Lipinski definition) is 4. The number of carbonyl (C=O) groups is 2. The number of rotatable bonds is 3. The Morgan fingerprint density at radius 2 is 2.35 bits per heavy atom. The van der Waals surface area contributed by atoms with Crippen LogP contribution in [0.3, 0.4) is 0 Å². The zero-order valence-electron chi connectivity index (χ0n) is 10.1. The van der Waals surface area contributed by atoms with Crippen LogP contribution in [0.15, 0.2) is 0 Å². The Kier molecular flexibility index (Phi) is 3.96. The van der Waals surface area contributed by atoms with Crippen LogP contribution in [0.5, 0.6) is 0 Å². The summed E-state index contributed by atoms with van der Waals surface area (Å²) in [4.78, 5) is 25.4. The molecule has 2 amide bonds. The van der Waals surface area contributed by atoms with Gasteiger partial charge in [0.05, 0.1) is 13.2 Å². The van der Waals surface area contributed by atoms with Gasteiger partial charge in [0.25, 0.3) is 0 Å². The van der Waals surface area contributed by atoms with E-state index >= 15 is 0 Å². The normalized spacial score (nSPS) is 28.8. The lowest BCUT2D eigenvalue weighted by molar-refractivity contribution is -0.140. The highest BCUT2D eigenvalue weighted by Crippen LogP contribution is 2.22. The molecule has 1 unspecified atom stereocenters. The molecule has 0 spiro atoms. The minimum Gasteiger partial charge on any atom is -0.358 e. The summed E-state index contributed by atoms with van der Waals surface area (Å²) in [6.07, 6.45) is 2.37. The van der Waals surface area contributed by atoms with Gasteiger partial charge in [0, 0.05) is 13.0 Å². The second-order valence-corrected chi connectivity index (χ2v) is 4.44. The van der Waals surface area contributed by atoms with Crippen LogP contribution in [0, 0.1) is 0 Å². The summed E-state index contributed by atoms with van der Waals surface area (Å²) in [6, 6.07) is -0.432. The molecule has 2 aliphatic rings. The Hall–Kier alpha value is -1.14. The molecule has 2 fully saturated rings. The molecule has 0 aromatic heterocycles.